The van der Waals surface area contributed by atoms with Crippen molar-refractivity contribution in [2.45, 2.75) is 41.0 Å². The van der Waals surface area contributed by atoms with E-state index in [9.17, 15) is 0 Å². The van der Waals surface area contributed by atoms with Crippen LogP contribution in [0.4, 0.5) is 0 Å². The van der Waals surface area contributed by atoms with E-state index in [0.717, 1.165) is 0 Å². The summed E-state index contributed by atoms with van der Waals surface area (Å²) in [4.78, 5) is 0. The maximum Gasteiger partial charge on any atom is 0.0725 e. The predicted octanol–water partition coefficient (Wildman–Crippen LogP) is 8.64. The Hall–Kier alpha value is -3.12. The molecule has 0 unspecified atom stereocenters. The van der Waals surface area contributed by atoms with E-state index in [4.69, 9.17) is 0 Å². The fourth-order valence-electron chi connectivity index (χ4n) is 5.21. The fraction of sp³-hybridized carbons (Fsp3) is 0.200. The highest BCUT2D eigenvalue weighted by molar-refractivity contribution is 5.94. The number of hydrogen-bond donors (Lipinski definition) is 0. The standard InChI is InChI=1S/C26H18.C2H6.2CH4/c1-17-14-15-21-20-10-4-7-13-24(20)26(25(21)16-17)22-11-5-2-8-18(22)19-9-3-6-12-23(19)26;1-2;;/h2-16H,1H3;1-2H3;2*1H4. The van der Waals surface area contributed by atoms with Gasteiger partial charge in [0.05, 0.1) is 5.41 Å². The van der Waals surface area contributed by atoms with Gasteiger partial charge in [-0.25, -0.2) is 0 Å². The first-order valence-corrected chi connectivity index (χ1v) is 10.2. The van der Waals surface area contributed by atoms with Crippen molar-refractivity contribution in [1.82, 2.24) is 0 Å². The summed E-state index contributed by atoms with van der Waals surface area (Å²) in [5.41, 5.74) is 12.3. The molecule has 0 atom stereocenters. The van der Waals surface area contributed by atoms with Crippen molar-refractivity contribution in [3.05, 3.63) is 119 Å². The Labute approximate surface area is 182 Å². The highest BCUT2D eigenvalue weighted by Crippen LogP contribution is 2.62. The van der Waals surface area contributed by atoms with Crippen LogP contribution >= 0.6 is 0 Å². The Morgan fingerprint density at radius 2 is 0.833 bits per heavy atom. The first-order chi connectivity index (χ1) is 13.8. The summed E-state index contributed by atoms with van der Waals surface area (Å²) in [5, 5.41) is 0. The van der Waals surface area contributed by atoms with E-state index in [2.05, 4.69) is 97.9 Å². The number of benzene rings is 4. The van der Waals surface area contributed by atoms with Crippen molar-refractivity contribution >= 4 is 0 Å². The second-order valence-corrected chi connectivity index (χ2v) is 7.44. The lowest BCUT2D eigenvalue weighted by Gasteiger charge is -2.30. The number of hydrogen-bond acceptors (Lipinski definition) is 0. The van der Waals surface area contributed by atoms with Gasteiger partial charge >= 0.3 is 0 Å². The van der Waals surface area contributed by atoms with Gasteiger partial charge in [0.15, 0.2) is 0 Å². The molecule has 0 saturated carbocycles. The number of fused-ring (bicyclic) bond motifs is 10. The van der Waals surface area contributed by atoms with Crippen molar-refractivity contribution in [2.75, 3.05) is 0 Å². The van der Waals surface area contributed by atoms with Crippen LogP contribution in [0.1, 0.15) is 56.5 Å². The summed E-state index contributed by atoms with van der Waals surface area (Å²) >= 11 is 0. The number of rotatable bonds is 0. The molecule has 4 aromatic rings. The third-order valence-corrected chi connectivity index (χ3v) is 6.15. The molecule has 1 spiro atoms. The molecule has 0 amide bonds. The van der Waals surface area contributed by atoms with Crippen LogP contribution in [0, 0.1) is 6.92 Å². The van der Waals surface area contributed by atoms with Crippen LogP contribution in [0.2, 0.25) is 0 Å². The van der Waals surface area contributed by atoms with Gasteiger partial charge in [0.25, 0.3) is 0 Å². The van der Waals surface area contributed by atoms with Gasteiger partial charge in [-0.1, -0.05) is 125 Å². The summed E-state index contributed by atoms with van der Waals surface area (Å²) in [6.45, 7) is 6.20. The molecule has 0 aliphatic heterocycles. The lowest BCUT2D eigenvalue weighted by molar-refractivity contribution is 0.792. The van der Waals surface area contributed by atoms with E-state index < -0.39 is 0 Å². The van der Waals surface area contributed by atoms with Gasteiger partial charge in [-0.3, -0.25) is 0 Å². The molecule has 0 saturated heterocycles. The molecule has 6 rings (SSSR count). The Morgan fingerprint density at radius 1 is 0.467 bits per heavy atom. The van der Waals surface area contributed by atoms with Crippen LogP contribution in [0.3, 0.4) is 0 Å². The third kappa shape index (κ3) is 2.53. The summed E-state index contributed by atoms with van der Waals surface area (Å²) < 4.78 is 0. The quantitative estimate of drug-likeness (QED) is 0.243. The first-order valence-electron chi connectivity index (χ1n) is 10.2. The van der Waals surface area contributed by atoms with Crippen LogP contribution in [-0.2, 0) is 5.41 Å². The molecule has 2 aliphatic carbocycles. The van der Waals surface area contributed by atoms with Gasteiger partial charge < -0.3 is 0 Å². The molecule has 2 aliphatic rings. The molecule has 0 radical (unpaired) electrons. The highest BCUT2D eigenvalue weighted by Gasteiger charge is 2.51. The maximum absolute atomic E-state index is 2.40. The molecule has 0 nitrogen and oxygen atoms in total. The normalized spacial score (nSPS) is 12.9. The van der Waals surface area contributed by atoms with E-state index in [1.54, 1.807) is 0 Å². The molecule has 0 aromatic heterocycles. The van der Waals surface area contributed by atoms with Gasteiger partial charge in [-0.05, 0) is 51.4 Å². The average Bonchev–Trinajstić information content (AvgIpc) is 3.22. The zero-order valence-corrected chi connectivity index (χ0v) is 16.7. The van der Waals surface area contributed by atoms with E-state index >= 15 is 0 Å². The van der Waals surface area contributed by atoms with E-state index in [-0.39, 0.29) is 20.3 Å². The van der Waals surface area contributed by atoms with Crippen LogP contribution < -0.4 is 0 Å². The van der Waals surface area contributed by atoms with Crippen molar-refractivity contribution < 1.29 is 0 Å². The van der Waals surface area contributed by atoms with Gasteiger partial charge in [-0.2, -0.15) is 0 Å². The second-order valence-electron chi connectivity index (χ2n) is 7.44. The minimum atomic E-state index is -0.189. The largest absolute Gasteiger partial charge is 0.0776 e. The first kappa shape index (κ1) is 21.6. The molecule has 0 heteroatoms. The SMILES string of the molecule is C.C.CC.Cc1ccc2c(c1)C1(c3ccccc3-c3ccccc31)c1ccccc1-2. The molecule has 0 fully saturated rings. The number of aryl methyl sites for hydroxylation is 1. The lowest BCUT2D eigenvalue weighted by atomic mass is 9.70. The molecule has 0 heterocycles. The lowest BCUT2D eigenvalue weighted by Crippen LogP contribution is -2.25. The van der Waals surface area contributed by atoms with Gasteiger partial charge in [0.2, 0.25) is 0 Å². The third-order valence-electron chi connectivity index (χ3n) is 6.15. The predicted molar refractivity (Wildman–Crippen MR) is 132 cm³/mol. The van der Waals surface area contributed by atoms with Crippen molar-refractivity contribution in [2.24, 2.45) is 0 Å². The Morgan fingerprint density at radius 3 is 1.27 bits per heavy atom. The fourth-order valence-corrected chi connectivity index (χ4v) is 5.21. The van der Waals surface area contributed by atoms with Crippen LogP contribution in [0.15, 0.2) is 91.0 Å². The maximum atomic E-state index is 2.40. The van der Waals surface area contributed by atoms with E-state index in [1.165, 1.54) is 50.1 Å². The summed E-state index contributed by atoms with van der Waals surface area (Å²) in [6, 6.07) is 33.8. The second kappa shape index (κ2) is 7.95. The molecule has 152 valence electrons. The summed E-state index contributed by atoms with van der Waals surface area (Å²) in [6.07, 6.45) is 0. The minimum Gasteiger partial charge on any atom is -0.0776 e. The molecule has 4 aromatic carbocycles. The smallest absolute Gasteiger partial charge is 0.0725 e. The summed E-state index contributed by atoms with van der Waals surface area (Å²) in [7, 11) is 0. The Bertz CT molecular complexity index is 1130. The molecule has 30 heavy (non-hydrogen) atoms. The summed E-state index contributed by atoms with van der Waals surface area (Å²) in [5.74, 6) is 0. The van der Waals surface area contributed by atoms with Crippen molar-refractivity contribution in [3.8, 4) is 22.3 Å². The monoisotopic (exact) mass is 392 g/mol. The topological polar surface area (TPSA) is 0 Å². The minimum absolute atomic E-state index is 0. The Kier molecular flexibility index (Phi) is 5.72. The molecular formula is C30H32. The van der Waals surface area contributed by atoms with Gasteiger partial charge in [0.1, 0.15) is 0 Å². The Balaban J connectivity index is 0.000000623. The van der Waals surface area contributed by atoms with Crippen LogP contribution in [0.5, 0.6) is 0 Å². The van der Waals surface area contributed by atoms with Crippen LogP contribution in [-0.4, -0.2) is 0 Å². The van der Waals surface area contributed by atoms with Crippen molar-refractivity contribution in [3.63, 3.8) is 0 Å². The molecule has 0 bridgehead atoms. The zero-order chi connectivity index (χ0) is 19.3. The van der Waals surface area contributed by atoms with Crippen molar-refractivity contribution in [1.29, 1.82) is 0 Å². The highest BCUT2D eigenvalue weighted by atomic mass is 14.5. The molecular weight excluding hydrogens is 360 g/mol. The zero-order valence-electron chi connectivity index (χ0n) is 16.7. The average molecular weight is 393 g/mol. The van der Waals surface area contributed by atoms with Gasteiger partial charge in [-0.15, -0.1) is 0 Å². The van der Waals surface area contributed by atoms with Gasteiger partial charge in [0, 0.05) is 0 Å². The molecule has 0 N–H and O–H groups in total. The van der Waals surface area contributed by atoms with E-state index in [1.807, 2.05) is 13.8 Å². The van der Waals surface area contributed by atoms with E-state index in [0.29, 0.717) is 0 Å². The van der Waals surface area contributed by atoms with Crippen LogP contribution in [0.25, 0.3) is 22.3 Å².